The van der Waals surface area contributed by atoms with Gasteiger partial charge < -0.3 is 9.67 Å². The number of hydrogen-bond donors (Lipinski definition) is 2. The second kappa shape index (κ2) is 9.78. The Balaban J connectivity index is 1.65. The molecule has 4 rings (SSSR count). The first-order valence-corrected chi connectivity index (χ1v) is 13.1. The van der Waals surface area contributed by atoms with E-state index in [1.807, 2.05) is 24.3 Å². The van der Waals surface area contributed by atoms with Gasteiger partial charge in [-0.1, -0.05) is 50.2 Å². The van der Waals surface area contributed by atoms with Crippen molar-refractivity contribution in [3.8, 4) is 5.88 Å². The maximum Gasteiger partial charge on any atom is 0.297 e. The van der Waals surface area contributed by atoms with Gasteiger partial charge in [0.25, 0.3) is 15.9 Å². The van der Waals surface area contributed by atoms with Gasteiger partial charge in [-0.25, -0.2) is 8.42 Å². The number of aromatic nitrogens is 1. The molecule has 2 heterocycles. The molecule has 2 aromatic heterocycles. The van der Waals surface area contributed by atoms with Crippen molar-refractivity contribution in [1.82, 2.24) is 4.57 Å². The van der Waals surface area contributed by atoms with Crippen LogP contribution in [0.25, 0.3) is 10.9 Å². The Morgan fingerprint density at radius 1 is 1.09 bits per heavy atom. The van der Waals surface area contributed by atoms with Gasteiger partial charge in [-0.2, -0.15) is 0 Å². The van der Waals surface area contributed by atoms with Crippen LogP contribution in [-0.4, -0.2) is 24.0 Å². The molecule has 0 saturated carbocycles. The fraction of sp³-hybridized carbons (Fsp3) is 0.208. The second-order valence-corrected chi connectivity index (χ2v) is 11.0. The normalized spacial score (nSPS) is 12.1. The molecular weight excluding hydrogens is 472 g/mol. The molecule has 0 bridgehead atoms. The molecule has 4 aromatic rings. The molecule has 2 N–H and O–H groups in total. The summed E-state index contributed by atoms with van der Waals surface area (Å²) in [5, 5.41) is 21.1. The van der Waals surface area contributed by atoms with E-state index in [1.165, 1.54) is 18.2 Å². The van der Waals surface area contributed by atoms with E-state index in [0.717, 1.165) is 23.3 Å². The molecule has 2 aromatic carbocycles. The third kappa shape index (κ3) is 4.87. The van der Waals surface area contributed by atoms with E-state index in [0.29, 0.717) is 17.8 Å². The van der Waals surface area contributed by atoms with Gasteiger partial charge in [0.15, 0.2) is 5.69 Å². The average molecular weight is 497 g/mol. The van der Waals surface area contributed by atoms with Crippen LogP contribution in [0.5, 0.6) is 5.88 Å². The predicted octanol–water partition coefficient (Wildman–Crippen LogP) is 6.18. The number of fused-ring (bicyclic) bond motifs is 1. The summed E-state index contributed by atoms with van der Waals surface area (Å²) < 4.78 is 29.6. The molecule has 34 heavy (non-hydrogen) atoms. The number of anilines is 1. The quantitative estimate of drug-likeness (QED) is 0.284. The fourth-order valence-electron chi connectivity index (χ4n) is 3.50. The number of rotatable bonds is 8. The molecule has 0 spiro atoms. The molecular formula is C24H24N4O4S2. The molecule has 0 radical (unpaired) electrons. The van der Waals surface area contributed by atoms with Gasteiger partial charge in [-0.3, -0.25) is 9.52 Å². The number of sulfonamides is 1. The average Bonchev–Trinajstić information content (AvgIpc) is 3.44. The van der Waals surface area contributed by atoms with E-state index in [-0.39, 0.29) is 27.0 Å². The Morgan fingerprint density at radius 3 is 2.56 bits per heavy atom. The monoisotopic (exact) mass is 496 g/mol. The lowest BCUT2D eigenvalue weighted by Crippen LogP contribution is -2.14. The fourth-order valence-corrected chi connectivity index (χ4v) is 5.58. The predicted molar refractivity (Wildman–Crippen MR) is 133 cm³/mol. The summed E-state index contributed by atoms with van der Waals surface area (Å²) in [5.74, 6) is -0.352. The van der Waals surface area contributed by atoms with E-state index < -0.39 is 15.9 Å². The highest BCUT2D eigenvalue weighted by Crippen LogP contribution is 2.39. The van der Waals surface area contributed by atoms with Crippen LogP contribution < -0.4 is 4.72 Å². The van der Waals surface area contributed by atoms with Gasteiger partial charge in [0.05, 0.1) is 16.8 Å². The maximum absolute atomic E-state index is 12.9. The number of aryl methyl sites for hydroxylation is 1. The Bertz CT molecular complexity index is 1460. The topological polar surface area (TPSA) is 113 Å². The van der Waals surface area contributed by atoms with Gasteiger partial charge in [-0.15, -0.1) is 21.6 Å². The molecule has 0 aliphatic heterocycles. The van der Waals surface area contributed by atoms with Gasteiger partial charge in [0, 0.05) is 11.9 Å². The number of carbonyl (C=O) groups excluding carboxylic acids is 1. The van der Waals surface area contributed by atoms with Crippen LogP contribution in [0, 0.1) is 5.92 Å². The van der Waals surface area contributed by atoms with Crippen LogP contribution in [0.2, 0.25) is 0 Å². The Kier molecular flexibility index (Phi) is 6.80. The molecule has 176 valence electrons. The van der Waals surface area contributed by atoms with Crippen LogP contribution in [-0.2, 0) is 16.6 Å². The zero-order valence-corrected chi connectivity index (χ0v) is 20.3. The highest BCUT2D eigenvalue weighted by atomic mass is 32.2. The molecule has 0 saturated heterocycles. The van der Waals surface area contributed by atoms with Crippen molar-refractivity contribution in [2.75, 3.05) is 4.72 Å². The lowest BCUT2D eigenvalue weighted by Gasteiger charge is -2.09. The standard InChI is InChI=1S/C24H24N4O4S2/c1-16(2)13-14-28-20-11-6-4-9-18(20)22(24(28)30)25-26-23(29)17-8-3-5-10-19(17)27-34(31,32)21-12-7-15-33-21/h3-12,15-16,27,30H,13-14H2,1-2H3. The van der Waals surface area contributed by atoms with E-state index in [1.54, 1.807) is 28.1 Å². The number of thiophene rings is 1. The number of para-hydroxylation sites is 2. The van der Waals surface area contributed by atoms with Crippen molar-refractivity contribution < 1.29 is 18.3 Å². The van der Waals surface area contributed by atoms with E-state index in [4.69, 9.17) is 0 Å². The number of benzene rings is 2. The minimum atomic E-state index is -3.84. The van der Waals surface area contributed by atoms with Crippen molar-refractivity contribution in [3.63, 3.8) is 0 Å². The van der Waals surface area contributed by atoms with Gasteiger partial charge in [0.1, 0.15) is 4.21 Å². The number of azo groups is 1. The van der Waals surface area contributed by atoms with E-state index >= 15 is 0 Å². The summed E-state index contributed by atoms with van der Waals surface area (Å²) >= 11 is 1.07. The zero-order valence-electron chi connectivity index (χ0n) is 18.7. The second-order valence-electron chi connectivity index (χ2n) is 8.11. The van der Waals surface area contributed by atoms with E-state index in [9.17, 15) is 18.3 Å². The Hall–Kier alpha value is -3.50. The Morgan fingerprint density at radius 2 is 1.82 bits per heavy atom. The summed E-state index contributed by atoms with van der Waals surface area (Å²) in [5.41, 5.74) is 1.15. The summed E-state index contributed by atoms with van der Waals surface area (Å²) in [7, 11) is -3.84. The highest BCUT2D eigenvalue weighted by molar-refractivity contribution is 7.94. The highest BCUT2D eigenvalue weighted by Gasteiger charge is 2.20. The lowest BCUT2D eigenvalue weighted by molar-refractivity contribution is 0.0996. The van der Waals surface area contributed by atoms with Crippen LogP contribution in [0.1, 0.15) is 30.6 Å². The first-order chi connectivity index (χ1) is 16.3. The number of hydrogen-bond acceptors (Lipinski definition) is 6. The lowest BCUT2D eigenvalue weighted by atomic mass is 10.1. The van der Waals surface area contributed by atoms with Crippen molar-refractivity contribution in [3.05, 3.63) is 71.6 Å². The van der Waals surface area contributed by atoms with Crippen molar-refractivity contribution in [2.24, 2.45) is 16.1 Å². The zero-order chi connectivity index (χ0) is 24.3. The van der Waals surface area contributed by atoms with Crippen molar-refractivity contribution in [1.29, 1.82) is 0 Å². The van der Waals surface area contributed by atoms with Gasteiger partial charge in [0.2, 0.25) is 5.88 Å². The molecule has 0 aliphatic carbocycles. The number of nitrogens with one attached hydrogen (secondary N) is 1. The smallest absolute Gasteiger partial charge is 0.297 e. The summed E-state index contributed by atoms with van der Waals surface area (Å²) in [4.78, 5) is 12.9. The summed E-state index contributed by atoms with van der Waals surface area (Å²) in [6.07, 6.45) is 0.861. The van der Waals surface area contributed by atoms with E-state index in [2.05, 4.69) is 28.8 Å². The summed E-state index contributed by atoms with van der Waals surface area (Å²) in [6, 6.07) is 16.7. The van der Waals surface area contributed by atoms with Gasteiger partial charge >= 0.3 is 0 Å². The molecule has 1 amide bonds. The number of aromatic hydroxyl groups is 1. The summed E-state index contributed by atoms with van der Waals surface area (Å²) in [6.45, 7) is 4.80. The minimum absolute atomic E-state index is 0.0504. The van der Waals surface area contributed by atoms with Crippen LogP contribution in [0.15, 0.2) is 80.5 Å². The number of nitrogens with zero attached hydrogens (tertiary/aromatic N) is 3. The van der Waals surface area contributed by atoms with Crippen molar-refractivity contribution >= 4 is 49.5 Å². The molecule has 8 nitrogen and oxygen atoms in total. The molecule has 0 aliphatic rings. The van der Waals surface area contributed by atoms with Crippen molar-refractivity contribution in [2.45, 2.75) is 31.0 Å². The SMILES string of the molecule is CC(C)CCn1c(O)c(N=NC(=O)c2ccccc2NS(=O)(=O)c2cccs2)c2ccccc21. The maximum atomic E-state index is 12.9. The third-order valence-electron chi connectivity index (χ3n) is 5.25. The molecule has 0 fully saturated rings. The first kappa shape index (κ1) is 23.7. The molecule has 0 unspecified atom stereocenters. The first-order valence-electron chi connectivity index (χ1n) is 10.7. The number of carbonyl (C=O) groups is 1. The third-order valence-corrected chi connectivity index (χ3v) is 8.01. The molecule has 10 heteroatoms. The minimum Gasteiger partial charge on any atom is -0.493 e. The Labute approximate surface area is 201 Å². The van der Waals surface area contributed by atoms with Gasteiger partial charge in [-0.05, 0) is 42.0 Å². The van der Waals surface area contributed by atoms with Crippen LogP contribution in [0.3, 0.4) is 0 Å². The van der Waals surface area contributed by atoms with Crippen LogP contribution >= 0.6 is 11.3 Å². The van der Waals surface area contributed by atoms with Crippen LogP contribution in [0.4, 0.5) is 11.4 Å². The molecule has 0 atom stereocenters. The largest absolute Gasteiger partial charge is 0.493 e. The number of amides is 1.